The van der Waals surface area contributed by atoms with Crippen molar-refractivity contribution in [2.75, 3.05) is 33.9 Å². The molecule has 174 valence electrons. The molecule has 0 aliphatic carbocycles. The standard InChI is InChI=1S/C22H26Br3N3O4/c1-28(8-3-9-32-21-17(24)11-15(6-7-26)12-18(21)25)22(29)19(27-30)13-14-4-5-20(31-2)16(23)10-14/h4-5,10-12,30H,3,6-9,13,26H2,1-2H3/b27-19+. The fourth-order valence-electron chi connectivity index (χ4n) is 3.03. The smallest absolute Gasteiger partial charge is 0.271 e. The lowest BCUT2D eigenvalue weighted by Crippen LogP contribution is -2.35. The van der Waals surface area contributed by atoms with Crippen molar-refractivity contribution >= 4 is 59.4 Å². The van der Waals surface area contributed by atoms with Crippen molar-refractivity contribution in [1.29, 1.82) is 0 Å². The molecule has 0 heterocycles. The van der Waals surface area contributed by atoms with Gasteiger partial charge in [-0.25, -0.2) is 0 Å². The first-order valence-corrected chi connectivity index (χ1v) is 12.3. The highest BCUT2D eigenvalue weighted by Gasteiger charge is 2.18. The van der Waals surface area contributed by atoms with Gasteiger partial charge in [0.05, 0.1) is 27.1 Å². The van der Waals surface area contributed by atoms with Gasteiger partial charge in [-0.05, 0) is 103 Å². The third-order valence-corrected chi connectivity index (χ3v) is 6.48. The number of nitrogens with zero attached hydrogens (tertiary/aromatic N) is 2. The summed E-state index contributed by atoms with van der Waals surface area (Å²) < 4.78 is 13.6. The van der Waals surface area contributed by atoms with Crippen molar-refractivity contribution in [3.63, 3.8) is 0 Å². The average molecular weight is 636 g/mol. The van der Waals surface area contributed by atoms with Crippen LogP contribution in [0.25, 0.3) is 0 Å². The first kappa shape index (κ1) is 26.6. The number of benzene rings is 2. The van der Waals surface area contributed by atoms with Crippen molar-refractivity contribution in [2.24, 2.45) is 10.9 Å². The number of hydrogen-bond acceptors (Lipinski definition) is 6. The van der Waals surface area contributed by atoms with Crippen LogP contribution in [0.1, 0.15) is 17.5 Å². The normalized spacial score (nSPS) is 11.4. The molecular formula is C22H26Br3N3O4. The van der Waals surface area contributed by atoms with Gasteiger partial charge in [0.25, 0.3) is 5.91 Å². The second-order valence-corrected chi connectivity index (χ2v) is 9.61. The van der Waals surface area contributed by atoms with Crippen molar-refractivity contribution in [1.82, 2.24) is 4.90 Å². The largest absolute Gasteiger partial charge is 0.496 e. The number of rotatable bonds is 11. The minimum atomic E-state index is -0.340. The summed E-state index contributed by atoms with van der Waals surface area (Å²) in [6.45, 7) is 1.45. The quantitative estimate of drug-likeness (QED) is 0.160. The van der Waals surface area contributed by atoms with Crippen LogP contribution in [0.4, 0.5) is 0 Å². The SMILES string of the molecule is COc1ccc(C/C(=N\O)C(=O)N(C)CCCOc2c(Br)cc(CCN)cc2Br)cc1Br. The van der Waals surface area contributed by atoms with Crippen LogP contribution in [-0.2, 0) is 17.6 Å². The zero-order chi connectivity index (χ0) is 23.7. The maximum atomic E-state index is 12.7. The number of oxime groups is 1. The minimum Gasteiger partial charge on any atom is -0.496 e. The Morgan fingerprint density at radius 3 is 2.34 bits per heavy atom. The Kier molecular flexibility index (Phi) is 11.0. The van der Waals surface area contributed by atoms with Crippen molar-refractivity contribution in [2.45, 2.75) is 19.3 Å². The van der Waals surface area contributed by atoms with Gasteiger partial charge in [0.2, 0.25) is 0 Å². The number of hydrogen-bond donors (Lipinski definition) is 2. The van der Waals surface area contributed by atoms with Crippen molar-refractivity contribution < 1.29 is 19.5 Å². The molecule has 2 aromatic rings. The Morgan fingerprint density at radius 2 is 1.78 bits per heavy atom. The van der Waals surface area contributed by atoms with Gasteiger partial charge < -0.3 is 25.3 Å². The van der Waals surface area contributed by atoms with E-state index in [0.717, 1.165) is 31.0 Å². The molecule has 0 aromatic heterocycles. The van der Waals surface area contributed by atoms with Crippen LogP contribution in [0.2, 0.25) is 0 Å². The molecule has 0 saturated heterocycles. The summed E-state index contributed by atoms with van der Waals surface area (Å²) in [6, 6.07) is 9.43. The van der Waals surface area contributed by atoms with E-state index in [2.05, 4.69) is 52.9 Å². The van der Waals surface area contributed by atoms with E-state index in [4.69, 9.17) is 15.2 Å². The number of ether oxygens (including phenoxy) is 2. The average Bonchev–Trinajstić information content (AvgIpc) is 2.76. The van der Waals surface area contributed by atoms with E-state index in [1.54, 1.807) is 20.2 Å². The van der Waals surface area contributed by atoms with E-state index in [1.165, 1.54) is 4.90 Å². The van der Waals surface area contributed by atoms with Gasteiger partial charge in [0.1, 0.15) is 17.2 Å². The highest BCUT2D eigenvalue weighted by atomic mass is 79.9. The minimum absolute atomic E-state index is 0.0615. The molecule has 0 aliphatic rings. The van der Waals surface area contributed by atoms with Crippen LogP contribution in [0.3, 0.4) is 0 Å². The number of amides is 1. The number of carbonyl (C=O) groups is 1. The predicted molar refractivity (Wildman–Crippen MR) is 136 cm³/mol. The molecule has 2 aromatic carbocycles. The second kappa shape index (κ2) is 13.2. The molecule has 0 spiro atoms. The van der Waals surface area contributed by atoms with E-state index in [9.17, 15) is 10.0 Å². The second-order valence-electron chi connectivity index (χ2n) is 7.05. The Bertz CT molecular complexity index is 946. The molecule has 0 radical (unpaired) electrons. The third kappa shape index (κ3) is 7.47. The highest BCUT2D eigenvalue weighted by molar-refractivity contribution is 9.11. The van der Waals surface area contributed by atoms with Crippen LogP contribution < -0.4 is 15.2 Å². The highest BCUT2D eigenvalue weighted by Crippen LogP contribution is 2.35. The Morgan fingerprint density at radius 1 is 1.12 bits per heavy atom. The van der Waals surface area contributed by atoms with Gasteiger partial charge in [-0.15, -0.1) is 0 Å². The van der Waals surface area contributed by atoms with Crippen LogP contribution in [0.5, 0.6) is 11.5 Å². The van der Waals surface area contributed by atoms with Gasteiger partial charge in [0.15, 0.2) is 0 Å². The lowest BCUT2D eigenvalue weighted by Gasteiger charge is -2.18. The third-order valence-electron chi connectivity index (χ3n) is 4.68. The number of halogens is 3. The van der Waals surface area contributed by atoms with Crippen LogP contribution in [0.15, 0.2) is 48.9 Å². The summed E-state index contributed by atoms with van der Waals surface area (Å²) in [5.74, 6) is 1.06. The summed E-state index contributed by atoms with van der Waals surface area (Å²) in [7, 11) is 3.25. The van der Waals surface area contributed by atoms with Gasteiger partial charge >= 0.3 is 0 Å². The summed E-state index contributed by atoms with van der Waals surface area (Å²) in [5, 5.41) is 12.6. The zero-order valence-corrected chi connectivity index (χ0v) is 22.7. The fourth-order valence-corrected chi connectivity index (χ4v) is 5.12. The predicted octanol–water partition coefficient (Wildman–Crippen LogP) is 4.78. The first-order valence-electron chi connectivity index (χ1n) is 9.90. The summed E-state index contributed by atoms with van der Waals surface area (Å²) in [6.07, 6.45) is 1.60. The van der Waals surface area contributed by atoms with Gasteiger partial charge in [-0.2, -0.15) is 0 Å². The van der Waals surface area contributed by atoms with Crippen molar-refractivity contribution in [3.8, 4) is 11.5 Å². The molecule has 0 bridgehead atoms. The molecule has 0 aliphatic heterocycles. The lowest BCUT2D eigenvalue weighted by molar-refractivity contribution is -0.123. The summed E-state index contributed by atoms with van der Waals surface area (Å²) >= 11 is 10.5. The Hall–Kier alpha value is -1.62. The molecule has 0 fully saturated rings. The maximum absolute atomic E-state index is 12.7. The fraction of sp³-hybridized carbons (Fsp3) is 0.364. The van der Waals surface area contributed by atoms with Crippen molar-refractivity contribution in [3.05, 3.63) is 54.9 Å². The van der Waals surface area contributed by atoms with E-state index >= 15 is 0 Å². The molecule has 0 saturated carbocycles. The lowest BCUT2D eigenvalue weighted by atomic mass is 10.1. The summed E-state index contributed by atoms with van der Waals surface area (Å²) in [4.78, 5) is 14.2. The summed E-state index contributed by atoms with van der Waals surface area (Å²) in [5.41, 5.74) is 7.62. The van der Waals surface area contributed by atoms with E-state index in [0.29, 0.717) is 37.6 Å². The van der Waals surface area contributed by atoms with E-state index in [-0.39, 0.29) is 18.0 Å². The van der Waals surface area contributed by atoms with Gasteiger partial charge in [0, 0.05) is 20.0 Å². The molecule has 2 rings (SSSR count). The number of carbonyl (C=O) groups excluding carboxylic acids is 1. The van der Waals surface area contributed by atoms with E-state index in [1.807, 2.05) is 24.3 Å². The van der Waals surface area contributed by atoms with Crippen LogP contribution in [0, 0.1) is 0 Å². The molecule has 3 N–H and O–H groups in total. The maximum Gasteiger partial charge on any atom is 0.271 e. The monoisotopic (exact) mass is 633 g/mol. The number of nitrogens with two attached hydrogens (primary N) is 1. The topological polar surface area (TPSA) is 97.4 Å². The number of methoxy groups -OCH3 is 1. The van der Waals surface area contributed by atoms with E-state index < -0.39 is 0 Å². The molecule has 0 atom stereocenters. The van der Waals surface area contributed by atoms with Gasteiger partial charge in [-0.3, -0.25) is 4.79 Å². The molecular weight excluding hydrogens is 610 g/mol. The van der Waals surface area contributed by atoms with Crippen LogP contribution >= 0.6 is 47.8 Å². The Labute approximate surface area is 213 Å². The Balaban J connectivity index is 1.88. The molecule has 0 unspecified atom stereocenters. The first-order chi connectivity index (χ1) is 15.3. The van der Waals surface area contributed by atoms with Crippen LogP contribution in [-0.4, -0.2) is 55.6 Å². The van der Waals surface area contributed by atoms with Gasteiger partial charge in [-0.1, -0.05) is 11.2 Å². The molecule has 7 nitrogen and oxygen atoms in total. The molecule has 10 heteroatoms. The molecule has 1 amide bonds. The zero-order valence-electron chi connectivity index (χ0n) is 17.9. The molecule has 32 heavy (non-hydrogen) atoms.